The van der Waals surface area contributed by atoms with Gasteiger partial charge in [-0.2, -0.15) is 0 Å². The van der Waals surface area contributed by atoms with E-state index in [9.17, 15) is 14.0 Å². The van der Waals surface area contributed by atoms with E-state index in [-0.39, 0.29) is 28.2 Å². The highest BCUT2D eigenvalue weighted by molar-refractivity contribution is 6.02. The molecule has 140 valence electrons. The van der Waals surface area contributed by atoms with Crippen LogP contribution in [-0.2, 0) is 0 Å². The lowest BCUT2D eigenvalue weighted by atomic mass is 10.1. The van der Waals surface area contributed by atoms with Crippen LogP contribution in [-0.4, -0.2) is 25.4 Å². The highest BCUT2D eigenvalue weighted by atomic mass is 19.1. The number of amides is 1. The monoisotopic (exact) mass is 377 g/mol. The van der Waals surface area contributed by atoms with Crippen molar-refractivity contribution in [3.05, 3.63) is 75.6 Å². The van der Waals surface area contributed by atoms with Crippen molar-refractivity contribution in [2.45, 2.75) is 13.8 Å². The largest absolute Gasteiger partial charge is 0.364 e. The Hall–Kier alpha value is -3.81. The van der Waals surface area contributed by atoms with Gasteiger partial charge >= 0.3 is 5.69 Å². The van der Waals surface area contributed by atoms with E-state index in [1.807, 2.05) is 26.0 Å². The Bertz CT molecular complexity index is 1310. The quantitative estimate of drug-likeness (QED) is 0.572. The predicted molar refractivity (Wildman–Crippen MR) is 103 cm³/mol. The molecule has 1 amide bonds. The summed E-state index contributed by atoms with van der Waals surface area (Å²) >= 11 is 0. The molecule has 4 rings (SSSR count). The van der Waals surface area contributed by atoms with Crippen LogP contribution in [0.5, 0.6) is 0 Å². The Kier molecular flexibility index (Phi) is 4.03. The van der Waals surface area contributed by atoms with Crippen molar-refractivity contribution in [2.24, 2.45) is 5.73 Å². The third-order valence-corrected chi connectivity index (χ3v) is 4.63. The maximum absolute atomic E-state index is 14.3. The molecule has 0 aliphatic heterocycles. The first kappa shape index (κ1) is 17.6. The van der Waals surface area contributed by atoms with Gasteiger partial charge in [0.25, 0.3) is 5.91 Å². The predicted octanol–water partition coefficient (Wildman–Crippen LogP) is 2.63. The number of carbonyl (C=O) groups excluding carboxylic acids is 1. The molecule has 0 spiro atoms. The molecular weight excluding hydrogens is 361 g/mol. The van der Waals surface area contributed by atoms with Crippen molar-refractivity contribution >= 4 is 17.1 Å². The normalized spacial score (nSPS) is 11.1. The molecule has 0 saturated carbocycles. The molecule has 2 heterocycles. The van der Waals surface area contributed by atoms with Gasteiger partial charge in [0.1, 0.15) is 11.3 Å². The Labute approximate surface area is 158 Å². The van der Waals surface area contributed by atoms with Gasteiger partial charge in [-0.05, 0) is 49.2 Å². The molecule has 8 heteroatoms. The Morgan fingerprint density at radius 1 is 1.11 bits per heavy atom. The SMILES string of the molecule is Cc1ccc(-n2c(=O)[nH]c3c(C(N)=O)nc(-c4ccccc4F)nc32)cc1C. The third-order valence-electron chi connectivity index (χ3n) is 4.63. The van der Waals surface area contributed by atoms with Crippen LogP contribution in [0.15, 0.2) is 47.3 Å². The van der Waals surface area contributed by atoms with Gasteiger partial charge in [0, 0.05) is 0 Å². The molecule has 0 bridgehead atoms. The molecule has 2 aromatic heterocycles. The van der Waals surface area contributed by atoms with Crippen LogP contribution in [0.3, 0.4) is 0 Å². The summed E-state index contributed by atoms with van der Waals surface area (Å²) in [6.07, 6.45) is 0. The number of aromatic amines is 1. The Balaban J connectivity index is 2.09. The van der Waals surface area contributed by atoms with E-state index >= 15 is 0 Å². The maximum atomic E-state index is 14.3. The number of carbonyl (C=O) groups is 1. The summed E-state index contributed by atoms with van der Waals surface area (Å²) in [5, 5.41) is 0. The molecule has 0 saturated heterocycles. The van der Waals surface area contributed by atoms with Crippen molar-refractivity contribution in [3.8, 4) is 17.1 Å². The van der Waals surface area contributed by atoms with Crippen molar-refractivity contribution in [1.82, 2.24) is 19.5 Å². The summed E-state index contributed by atoms with van der Waals surface area (Å²) in [6, 6.07) is 11.4. The van der Waals surface area contributed by atoms with E-state index in [0.717, 1.165) is 11.1 Å². The van der Waals surface area contributed by atoms with Crippen LogP contribution in [0, 0.1) is 19.7 Å². The van der Waals surface area contributed by atoms with Crippen LogP contribution >= 0.6 is 0 Å². The molecule has 0 unspecified atom stereocenters. The number of fused-ring (bicyclic) bond motifs is 1. The third kappa shape index (κ3) is 2.75. The molecule has 2 aromatic carbocycles. The number of aryl methyl sites for hydroxylation is 2. The van der Waals surface area contributed by atoms with Crippen LogP contribution in [0.25, 0.3) is 28.2 Å². The highest BCUT2D eigenvalue weighted by Gasteiger charge is 2.21. The fraction of sp³-hybridized carbons (Fsp3) is 0.100. The zero-order chi connectivity index (χ0) is 20.0. The molecule has 0 aliphatic rings. The second kappa shape index (κ2) is 6.41. The fourth-order valence-electron chi connectivity index (χ4n) is 3.03. The van der Waals surface area contributed by atoms with E-state index in [4.69, 9.17) is 5.73 Å². The number of primary amides is 1. The molecule has 0 aliphatic carbocycles. The maximum Gasteiger partial charge on any atom is 0.332 e. The second-order valence-corrected chi connectivity index (χ2v) is 6.47. The summed E-state index contributed by atoms with van der Waals surface area (Å²) < 4.78 is 15.6. The second-order valence-electron chi connectivity index (χ2n) is 6.47. The van der Waals surface area contributed by atoms with Gasteiger partial charge in [0.05, 0.1) is 11.3 Å². The summed E-state index contributed by atoms with van der Waals surface area (Å²) in [5.74, 6) is -1.43. The minimum absolute atomic E-state index is 0.0315. The molecule has 3 N–H and O–H groups in total. The first-order valence-electron chi connectivity index (χ1n) is 8.52. The number of nitrogens with zero attached hydrogens (tertiary/aromatic N) is 3. The van der Waals surface area contributed by atoms with Gasteiger partial charge in [-0.1, -0.05) is 18.2 Å². The first-order valence-corrected chi connectivity index (χ1v) is 8.52. The fourth-order valence-corrected chi connectivity index (χ4v) is 3.03. The number of nitrogens with one attached hydrogen (secondary N) is 1. The molecule has 0 fully saturated rings. The molecular formula is C20H16FN5O2. The smallest absolute Gasteiger partial charge is 0.332 e. The molecule has 4 aromatic rings. The van der Waals surface area contributed by atoms with E-state index in [2.05, 4.69) is 15.0 Å². The average molecular weight is 377 g/mol. The number of aromatic nitrogens is 4. The number of hydrogen-bond donors (Lipinski definition) is 2. The average Bonchev–Trinajstić information content (AvgIpc) is 2.99. The van der Waals surface area contributed by atoms with Crippen molar-refractivity contribution in [1.29, 1.82) is 0 Å². The van der Waals surface area contributed by atoms with E-state index in [1.165, 1.54) is 22.8 Å². The summed E-state index contributed by atoms with van der Waals surface area (Å²) in [4.78, 5) is 35.6. The van der Waals surface area contributed by atoms with E-state index in [1.54, 1.807) is 12.1 Å². The molecule has 0 radical (unpaired) electrons. The van der Waals surface area contributed by atoms with Crippen LogP contribution in [0.2, 0.25) is 0 Å². The number of rotatable bonds is 3. The van der Waals surface area contributed by atoms with Gasteiger partial charge in [-0.25, -0.2) is 23.7 Å². The summed E-state index contributed by atoms with van der Waals surface area (Å²) in [6.45, 7) is 3.88. The number of nitrogens with two attached hydrogens (primary N) is 1. The topological polar surface area (TPSA) is 107 Å². The van der Waals surface area contributed by atoms with Crippen molar-refractivity contribution in [2.75, 3.05) is 0 Å². The minimum Gasteiger partial charge on any atom is -0.364 e. The van der Waals surface area contributed by atoms with Crippen molar-refractivity contribution < 1.29 is 9.18 Å². The van der Waals surface area contributed by atoms with Gasteiger partial charge in [-0.3, -0.25) is 4.79 Å². The van der Waals surface area contributed by atoms with Crippen molar-refractivity contribution in [3.63, 3.8) is 0 Å². The number of benzene rings is 2. The van der Waals surface area contributed by atoms with Crippen LogP contribution < -0.4 is 11.4 Å². The molecule has 7 nitrogen and oxygen atoms in total. The van der Waals surface area contributed by atoms with Gasteiger partial charge in [-0.15, -0.1) is 0 Å². The van der Waals surface area contributed by atoms with Gasteiger partial charge < -0.3 is 10.7 Å². The minimum atomic E-state index is -0.849. The van der Waals surface area contributed by atoms with Crippen LogP contribution in [0.4, 0.5) is 4.39 Å². The Morgan fingerprint density at radius 2 is 1.86 bits per heavy atom. The van der Waals surface area contributed by atoms with Gasteiger partial charge in [0.2, 0.25) is 0 Å². The van der Waals surface area contributed by atoms with Crippen LogP contribution in [0.1, 0.15) is 21.6 Å². The number of hydrogen-bond acceptors (Lipinski definition) is 4. The van der Waals surface area contributed by atoms with Gasteiger partial charge in [0.15, 0.2) is 17.2 Å². The lowest BCUT2D eigenvalue weighted by Gasteiger charge is -2.08. The zero-order valence-electron chi connectivity index (χ0n) is 15.2. The standard InChI is InChI=1S/C20H16FN5O2/c1-10-7-8-12(9-11(10)2)26-19-16(24-20(26)28)15(17(22)27)23-18(25-19)13-5-3-4-6-14(13)21/h3-9H,1-2H3,(H2,22,27)(H,24,28). The highest BCUT2D eigenvalue weighted by Crippen LogP contribution is 2.24. The summed E-state index contributed by atoms with van der Waals surface area (Å²) in [5.41, 5.74) is 7.75. The lowest BCUT2D eigenvalue weighted by molar-refractivity contribution is 0.0997. The first-order chi connectivity index (χ1) is 13.4. The number of imidazole rings is 1. The molecule has 0 atom stereocenters. The van der Waals surface area contributed by atoms with E-state index < -0.39 is 17.4 Å². The number of halogens is 1. The Morgan fingerprint density at radius 3 is 2.54 bits per heavy atom. The molecule has 28 heavy (non-hydrogen) atoms. The lowest BCUT2D eigenvalue weighted by Crippen LogP contribution is -2.15. The number of H-pyrrole nitrogens is 1. The zero-order valence-corrected chi connectivity index (χ0v) is 15.2. The van der Waals surface area contributed by atoms with E-state index in [0.29, 0.717) is 5.69 Å². The summed E-state index contributed by atoms with van der Waals surface area (Å²) in [7, 11) is 0.